The maximum absolute atomic E-state index is 2.18. The van der Waals surface area contributed by atoms with E-state index in [9.17, 15) is 0 Å². The molecule has 0 bridgehead atoms. The molecule has 0 radical (unpaired) electrons. The van der Waals surface area contributed by atoms with E-state index in [4.69, 9.17) is 0 Å². The molecule has 3 rings (SSSR count). The highest BCUT2D eigenvalue weighted by Gasteiger charge is 2.18. The second-order valence-corrected chi connectivity index (χ2v) is 2.71. The van der Waals surface area contributed by atoms with Crippen LogP contribution in [-0.4, -0.2) is 0 Å². The van der Waals surface area contributed by atoms with Gasteiger partial charge in [-0.15, -0.1) is 0 Å². The lowest BCUT2D eigenvalue weighted by Crippen LogP contribution is -1.54. The molecule has 0 heteroatoms. The van der Waals surface area contributed by atoms with Gasteiger partial charge in [-0.25, -0.2) is 0 Å². The summed E-state index contributed by atoms with van der Waals surface area (Å²) in [7, 11) is 0. The van der Waals surface area contributed by atoms with E-state index in [1.54, 1.807) is 0 Å². The third kappa shape index (κ3) is 0.357. The first-order chi connectivity index (χ1) is 4.97. The standard InChI is InChI=1S/C10H6/c1-3-7-4-2-6-9-8(5-1)10(7)9/h1-6H. The highest BCUT2D eigenvalue weighted by Crippen LogP contribution is 2.46. The van der Waals surface area contributed by atoms with E-state index in [-0.39, 0.29) is 0 Å². The number of hydrogen-bond donors (Lipinski definition) is 0. The quantitative estimate of drug-likeness (QED) is 0.434. The van der Waals surface area contributed by atoms with Gasteiger partial charge in [0.1, 0.15) is 0 Å². The Balaban J connectivity index is 2.67. The summed E-state index contributed by atoms with van der Waals surface area (Å²) in [6.45, 7) is 0. The van der Waals surface area contributed by atoms with E-state index in [2.05, 4.69) is 36.4 Å². The normalized spacial score (nSPS) is 12.0. The van der Waals surface area contributed by atoms with E-state index in [1.165, 1.54) is 21.9 Å². The lowest BCUT2D eigenvalue weighted by atomic mass is 10.2. The number of benzene rings is 2. The molecule has 0 heterocycles. The van der Waals surface area contributed by atoms with Gasteiger partial charge in [-0.3, -0.25) is 0 Å². The Labute approximate surface area is 59.1 Å². The molecule has 0 saturated carbocycles. The van der Waals surface area contributed by atoms with Gasteiger partial charge in [0.15, 0.2) is 0 Å². The zero-order chi connectivity index (χ0) is 6.55. The molecule has 0 aromatic heterocycles. The van der Waals surface area contributed by atoms with Crippen LogP contribution in [0.5, 0.6) is 0 Å². The summed E-state index contributed by atoms with van der Waals surface area (Å²) in [6, 6.07) is 12.9. The number of fused-ring (bicyclic) bond motifs is 1. The minimum atomic E-state index is 1.38. The predicted octanol–water partition coefficient (Wildman–Crippen LogP) is 2.82. The van der Waals surface area contributed by atoms with Crippen LogP contribution in [0.1, 0.15) is 0 Å². The van der Waals surface area contributed by atoms with Crippen molar-refractivity contribution in [2.45, 2.75) is 0 Å². The predicted molar refractivity (Wildman–Crippen MR) is 42.9 cm³/mol. The molecule has 0 amide bonds. The van der Waals surface area contributed by atoms with Gasteiger partial charge in [0, 0.05) is 0 Å². The van der Waals surface area contributed by atoms with E-state index >= 15 is 0 Å². The SMILES string of the molecule is c1cc2c3c-2cccc3c1. The van der Waals surface area contributed by atoms with Gasteiger partial charge < -0.3 is 0 Å². The van der Waals surface area contributed by atoms with Crippen molar-refractivity contribution in [3.05, 3.63) is 36.4 Å². The minimum absolute atomic E-state index is 1.38. The Bertz CT molecular complexity index is 377. The smallest absolute Gasteiger partial charge is 0.00264 e. The number of rotatable bonds is 0. The highest BCUT2D eigenvalue weighted by atomic mass is 14.2. The Morgan fingerprint density at radius 1 is 0.700 bits per heavy atom. The first-order valence-corrected chi connectivity index (χ1v) is 3.49. The monoisotopic (exact) mass is 126 g/mol. The fourth-order valence-electron chi connectivity index (χ4n) is 1.59. The Kier molecular flexibility index (Phi) is 0.558. The molecule has 0 aliphatic heterocycles. The van der Waals surface area contributed by atoms with Crippen molar-refractivity contribution >= 4 is 10.8 Å². The Hall–Kier alpha value is -1.30. The summed E-state index contributed by atoms with van der Waals surface area (Å²) >= 11 is 0. The summed E-state index contributed by atoms with van der Waals surface area (Å²) in [5.41, 5.74) is 2.89. The number of hydrogen-bond acceptors (Lipinski definition) is 0. The van der Waals surface area contributed by atoms with Crippen molar-refractivity contribution < 1.29 is 0 Å². The van der Waals surface area contributed by atoms with Crippen molar-refractivity contribution in [2.24, 2.45) is 0 Å². The van der Waals surface area contributed by atoms with Crippen molar-refractivity contribution in [3.63, 3.8) is 0 Å². The van der Waals surface area contributed by atoms with Crippen LogP contribution >= 0.6 is 0 Å². The molecule has 2 aromatic rings. The topological polar surface area (TPSA) is 0 Å². The first-order valence-electron chi connectivity index (χ1n) is 3.49. The van der Waals surface area contributed by atoms with E-state index in [0.29, 0.717) is 0 Å². The van der Waals surface area contributed by atoms with Crippen LogP contribution in [0.2, 0.25) is 0 Å². The molecule has 0 saturated heterocycles. The van der Waals surface area contributed by atoms with E-state index in [1.807, 2.05) is 0 Å². The lowest BCUT2D eigenvalue weighted by Gasteiger charge is -1.80. The fourth-order valence-corrected chi connectivity index (χ4v) is 1.59. The second-order valence-electron chi connectivity index (χ2n) is 2.71. The maximum Gasteiger partial charge on any atom is -0.00264 e. The Morgan fingerprint density at radius 2 is 1.30 bits per heavy atom. The Morgan fingerprint density at radius 3 is 1.80 bits per heavy atom. The zero-order valence-electron chi connectivity index (χ0n) is 5.46. The molecule has 1 aliphatic carbocycles. The summed E-state index contributed by atoms with van der Waals surface area (Å²) < 4.78 is 0. The van der Waals surface area contributed by atoms with Crippen LogP contribution in [0.25, 0.3) is 21.9 Å². The third-order valence-electron chi connectivity index (χ3n) is 2.13. The largest absolute Gasteiger partial charge is 0.0610 e. The average molecular weight is 126 g/mol. The summed E-state index contributed by atoms with van der Waals surface area (Å²) in [5.74, 6) is 0. The van der Waals surface area contributed by atoms with Crippen LogP contribution in [0, 0.1) is 0 Å². The third-order valence-corrected chi connectivity index (χ3v) is 2.13. The highest BCUT2D eigenvalue weighted by molar-refractivity contribution is 6.19. The molecule has 0 fully saturated rings. The second kappa shape index (κ2) is 1.24. The van der Waals surface area contributed by atoms with E-state index in [0.717, 1.165) is 0 Å². The van der Waals surface area contributed by atoms with Gasteiger partial charge in [0.2, 0.25) is 0 Å². The van der Waals surface area contributed by atoms with Crippen molar-refractivity contribution in [2.75, 3.05) is 0 Å². The maximum atomic E-state index is 2.18. The molecule has 10 heavy (non-hydrogen) atoms. The van der Waals surface area contributed by atoms with Gasteiger partial charge in [0.25, 0.3) is 0 Å². The van der Waals surface area contributed by atoms with Gasteiger partial charge in [-0.05, 0) is 21.9 Å². The van der Waals surface area contributed by atoms with Crippen LogP contribution in [0.4, 0.5) is 0 Å². The van der Waals surface area contributed by atoms with Crippen LogP contribution in [0.3, 0.4) is 0 Å². The molecule has 0 atom stereocenters. The molecule has 46 valence electrons. The average Bonchev–Trinajstić information content (AvgIpc) is 2.68. The molecule has 0 unspecified atom stereocenters. The summed E-state index contributed by atoms with van der Waals surface area (Å²) in [5, 5.41) is 2.86. The van der Waals surface area contributed by atoms with Crippen LogP contribution in [-0.2, 0) is 0 Å². The van der Waals surface area contributed by atoms with Crippen LogP contribution in [0.15, 0.2) is 36.4 Å². The van der Waals surface area contributed by atoms with Crippen molar-refractivity contribution in [1.29, 1.82) is 0 Å². The first kappa shape index (κ1) is 4.51. The van der Waals surface area contributed by atoms with E-state index < -0.39 is 0 Å². The molecule has 1 aliphatic rings. The summed E-state index contributed by atoms with van der Waals surface area (Å²) in [4.78, 5) is 0. The molecule has 0 N–H and O–H groups in total. The lowest BCUT2D eigenvalue weighted by molar-refractivity contribution is 1.89. The molecular weight excluding hydrogens is 120 g/mol. The zero-order valence-corrected chi connectivity index (χ0v) is 5.46. The molecular formula is C10H6. The molecule has 0 spiro atoms. The van der Waals surface area contributed by atoms with Gasteiger partial charge in [0.05, 0.1) is 0 Å². The van der Waals surface area contributed by atoms with Crippen molar-refractivity contribution in [3.8, 4) is 11.1 Å². The van der Waals surface area contributed by atoms with Crippen LogP contribution < -0.4 is 0 Å². The van der Waals surface area contributed by atoms with Gasteiger partial charge in [-0.1, -0.05) is 36.4 Å². The minimum Gasteiger partial charge on any atom is -0.0610 e. The fraction of sp³-hybridized carbons (Fsp3) is 0. The van der Waals surface area contributed by atoms with Gasteiger partial charge >= 0.3 is 0 Å². The molecule has 2 aromatic carbocycles. The summed E-state index contributed by atoms with van der Waals surface area (Å²) in [6.07, 6.45) is 0. The van der Waals surface area contributed by atoms with Gasteiger partial charge in [-0.2, -0.15) is 0 Å². The molecule has 0 nitrogen and oxygen atoms in total. The van der Waals surface area contributed by atoms with Crippen molar-refractivity contribution in [1.82, 2.24) is 0 Å².